The van der Waals surface area contributed by atoms with Crippen LogP contribution in [0.5, 0.6) is 0 Å². The zero-order chi connectivity index (χ0) is 12.3. The number of hydrogen-bond acceptors (Lipinski definition) is 3. The third-order valence-electron chi connectivity index (χ3n) is 2.95. The zero-order valence-corrected chi connectivity index (χ0v) is 10.6. The molecule has 17 heavy (non-hydrogen) atoms. The molecule has 1 fully saturated rings. The van der Waals surface area contributed by atoms with Crippen molar-refractivity contribution in [1.29, 1.82) is 0 Å². The first-order valence-electron chi connectivity index (χ1n) is 6.19. The summed E-state index contributed by atoms with van der Waals surface area (Å²) in [6.45, 7) is 6.20. The standard InChI is InChI=1S/C14H21NO2/c1-14(2,16)9-11-5-3-4-6-12(11)13-10-15-7-8-17-13/h3-6,13,15-16H,7-10H2,1-2H3. The number of benzene rings is 1. The number of rotatable bonds is 3. The molecule has 1 atom stereocenters. The SMILES string of the molecule is CC(C)(O)Cc1ccccc1C1CNCCO1. The lowest BCUT2D eigenvalue weighted by molar-refractivity contribution is 0.0259. The third kappa shape index (κ3) is 3.53. The fourth-order valence-electron chi connectivity index (χ4n) is 2.24. The normalized spacial score (nSPS) is 21.5. The van der Waals surface area contributed by atoms with E-state index in [1.54, 1.807) is 0 Å². The van der Waals surface area contributed by atoms with Crippen molar-refractivity contribution >= 4 is 0 Å². The van der Waals surface area contributed by atoms with Gasteiger partial charge in [0.05, 0.1) is 18.3 Å². The van der Waals surface area contributed by atoms with Crippen molar-refractivity contribution in [2.24, 2.45) is 0 Å². The van der Waals surface area contributed by atoms with Crippen molar-refractivity contribution in [2.75, 3.05) is 19.7 Å². The van der Waals surface area contributed by atoms with Crippen molar-refractivity contribution in [3.05, 3.63) is 35.4 Å². The number of nitrogens with one attached hydrogen (secondary N) is 1. The summed E-state index contributed by atoms with van der Waals surface area (Å²) in [5.74, 6) is 0. The van der Waals surface area contributed by atoms with Crippen LogP contribution >= 0.6 is 0 Å². The van der Waals surface area contributed by atoms with Gasteiger partial charge in [-0.3, -0.25) is 0 Å². The molecule has 3 heteroatoms. The minimum Gasteiger partial charge on any atom is -0.390 e. The first-order valence-corrected chi connectivity index (χ1v) is 6.19. The summed E-state index contributed by atoms with van der Waals surface area (Å²) in [6.07, 6.45) is 0.769. The van der Waals surface area contributed by atoms with Gasteiger partial charge >= 0.3 is 0 Å². The van der Waals surface area contributed by atoms with E-state index in [4.69, 9.17) is 4.74 Å². The Hall–Kier alpha value is -0.900. The fourth-order valence-corrected chi connectivity index (χ4v) is 2.24. The number of aliphatic hydroxyl groups is 1. The van der Waals surface area contributed by atoms with Crippen LogP contribution in [-0.4, -0.2) is 30.4 Å². The van der Waals surface area contributed by atoms with Crippen LogP contribution in [0, 0.1) is 0 Å². The Kier molecular flexibility index (Phi) is 3.82. The Morgan fingerprint density at radius 1 is 1.41 bits per heavy atom. The van der Waals surface area contributed by atoms with Gasteiger partial charge in [-0.1, -0.05) is 24.3 Å². The lowest BCUT2D eigenvalue weighted by atomic mass is 9.92. The predicted octanol–water partition coefficient (Wildman–Crippen LogP) is 1.66. The van der Waals surface area contributed by atoms with E-state index < -0.39 is 5.60 Å². The Morgan fingerprint density at radius 2 is 2.18 bits per heavy atom. The molecule has 1 aliphatic rings. The molecule has 3 nitrogen and oxygen atoms in total. The second-order valence-corrected chi connectivity index (χ2v) is 5.25. The van der Waals surface area contributed by atoms with E-state index in [1.807, 2.05) is 26.0 Å². The van der Waals surface area contributed by atoms with Crippen LogP contribution in [0.1, 0.15) is 31.1 Å². The molecule has 0 radical (unpaired) electrons. The molecule has 0 amide bonds. The molecule has 1 aromatic rings. The van der Waals surface area contributed by atoms with Gasteiger partial charge in [-0.05, 0) is 25.0 Å². The van der Waals surface area contributed by atoms with Gasteiger partial charge in [0.25, 0.3) is 0 Å². The summed E-state index contributed by atoms with van der Waals surface area (Å²) in [6, 6.07) is 8.21. The zero-order valence-electron chi connectivity index (χ0n) is 10.6. The van der Waals surface area contributed by atoms with Gasteiger partial charge in [0, 0.05) is 19.5 Å². The Bertz CT molecular complexity index is 365. The molecule has 1 aliphatic heterocycles. The molecular weight excluding hydrogens is 214 g/mol. The van der Waals surface area contributed by atoms with Crippen molar-refractivity contribution in [3.8, 4) is 0 Å². The van der Waals surface area contributed by atoms with Gasteiger partial charge in [-0.25, -0.2) is 0 Å². The molecule has 2 rings (SSSR count). The van der Waals surface area contributed by atoms with E-state index in [-0.39, 0.29) is 6.10 Å². The molecule has 1 aromatic carbocycles. The quantitative estimate of drug-likeness (QED) is 0.837. The first-order chi connectivity index (χ1) is 8.06. The van der Waals surface area contributed by atoms with Crippen LogP contribution in [-0.2, 0) is 11.2 Å². The lowest BCUT2D eigenvalue weighted by Gasteiger charge is -2.27. The molecule has 0 spiro atoms. The number of hydrogen-bond donors (Lipinski definition) is 2. The molecule has 1 unspecified atom stereocenters. The van der Waals surface area contributed by atoms with Crippen molar-refractivity contribution in [2.45, 2.75) is 32.0 Å². The topological polar surface area (TPSA) is 41.5 Å². The predicted molar refractivity (Wildman–Crippen MR) is 68.0 cm³/mol. The maximum Gasteiger partial charge on any atom is 0.0952 e. The maximum atomic E-state index is 9.94. The summed E-state index contributed by atoms with van der Waals surface area (Å²) in [7, 11) is 0. The molecule has 0 saturated carbocycles. The summed E-state index contributed by atoms with van der Waals surface area (Å²) in [5, 5.41) is 13.3. The molecular formula is C14H21NO2. The van der Waals surface area contributed by atoms with E-state index in [1.165, 1.54) is 11.1 Å². The largest absolute Gasteiger partial charge is 0.390 e. The van der Waals surface area contributed by atoms with Crippen LogP contribution in [0.4, 0.5) is 0 Å². The summed E-state index contributed by atoms with van der Waals surface area (Å²) in [4.78, 5) is 0. The fraction of sp³-hybridized carbons (Fsp3) is 0.571. The lowest BCUT2D eigenvalue weighted by Crippen LogP contribution is -2.34. The monoisotopic (exact) mass is 235 g/mol. The number of morpholine rings is 1. The summed E-state index contributed by atoms with van der Waals surface area (Å²) in [5.41, 5.74) is 1.69. The smallest absolute Gasteiger partial charge is 0.0952 e. The van der Waals surface area contributed by atoms with E-state index in [0.29, 0.717) is 6.42 Å². The van der Waals surface area contributed by atoms with Crippen molar-refractivity contribution in [1.82, 2.24) is 5.32 Å². The van der Waals surface area contributed by atoms with Gasteiger partial charge in [0.15, 0.2) is 0 Å². The first kappa shape index (κ1) is 12.6. The van der Waals surface area contributed by atoms with Gasteiger partial charge in [-0.2, -0.15) is 0 Å². The molecule has 2 N–H and O–H groups in total. The van der Waals surface area contributed by atoms with Crippen LogP contribution in [0.2, 0.25) is 0 Å². The molecule has 0 aromatic heterocycles. The summed E-state index contributed by atoms with van der Waals surface area (Å²) >= 11 is 0. The summed E-state index contributed by atoms with van der Waals surface area (Å²) < 4.78 is 5.78. The number of ether oxygens (including phenoxy) is 1. The van der Waals surface area contributed by atoms with Crippen LogP contribution in [0.15, 0.2) is 24.3 Å². The average Bonchev–Trinajstić information content (AvgIpc) is 2.29. The minimum atomic E-state index is -0.682. The van der Waals surface area contributed by atoms with Gasteiger partial charge in [0.1, 0.15) is 0 Å². The van der Waals surface area contributed by atoms with Crippen molar-refractivity contribution in [3.63, 3.8) is 0 Å². The highest BCUT2D eigenvalue weighted by atomic mass is 16.5. The highest BCUT2D eigenvalue weighted by molar-refractivity contribution is 5.31. The van der Waals surface area contributed by atoms with E-state index in [9.17, 15) is 5.11 Å². The van der Waals surface area contributed by atoms with Crippen LogP contribution in [0.3, 0.4) is 0 Å². The van der Waals surface area contributed by atoms with Gasteiger partial charge in [0.2, 0.25) is 0 Å². The van der Waals surface area contributed by atoms with Crippen LogP contribution in [0.25, 0.3) is 0 Å². The van der Waals surface area contributed by atoms with Gasteiger partial charge < -0.3 is 15.2 Å². The Morgan fingerprint density at radius 3 is 2.82 bits per heavy atom. The van der Waals surface area contributed by atoms with E-state index >= 15 is 0 Å². The van der Waals surface area contributed by atoms with Gasteiger partial charge in [-0.15, -0.1) is 0 Å². The maximum absolute atomic E-state index is 9.94. The van der Waals surface area contributed by atoms with Crippen molar-refractivity contribution < 1.29 is 9.84 Å². The molecule has 1 saturated heterocycles. The molecule has 0 bridgehead atoms. The molecule has 0 aliphatic carbocycles. The Labute approximate surface area is 103 Å². The van der Waals surface area contributed by atoms with E-state index in [0.717, 1.165) is 19.7 Å². The molecule has 94 valence electrons. The third-order valence-corrected chi connectivity index (χ3v) is 2.95. The minimum absolute atomic E-state index is 0.113. The highest BCUT2D eigenvalue weighted by Crippen LogP contribution is 2.25. The van der Waals surface area contributed by atoms with E-state index in [2.05, 4.69) is 17.4 Å². The van der Waals surface area contributed by atoms with Crippen LogP contribution < -0.4 is 5.32 Å². The highest BCUT2D eigenvalue weighted by Gasteiger charge is 2.21. The second-order valence-electron chi connectivity index (χ2n) is 5.25. The average molecular weight is 235 g/mol. The second kappa shape index (κ2) is 5.17. The Balaban J connectivity index is 2.20. The molecule has 1 heterocycles.